The van der Waals surface area contributed by atoms with E-state index in [9.17, 15) is 13.6 Å². The first-order chi connectivity index (χ1) is 7.54. The van der Waals surface area contributed by atoms with Crippen molar-refractivity contribution in [3.8, 4) is 5.75 Å². The maximum atomic E-state index is 11.9. The van der Waals surface area contributed by atoms with Crippen molar-refractivity contribution >= 4 is 21.8 Å². The van der Waals surface area contributed by atoms with Crippen LogP contribution in [0.15, 0.2) is 22.7 Å². The van der Waals surface area contributed by atoms with Gasteiger partial charge in [-0.05, 0) is 34.1 Å². The van der Waals surface area contributed by atoms with Crippen molar-refractivity contribution in [2.24, 2.45) is 0 Å². The molecule has 16 heavy (non-hydrogen) atoms. The quantitative estimate of drug-likeness (QED) is 0.926. The van der Waals surface area contributed by atoms with Gasteiger partial charge in [0.25, 0.3) is 12.3 Å². The summed E-state index contributed by atoms with van der Waals surface area (Å²) >= 11 is 3.16. The Balaban J connectivity index is 2.81. The fourth-order valence-electron chi connectivity index (χ4n) is 1.07. The predicted molar refractivity (Wildman–Crippen MR) is 59.0 cm³/mol. The van der Waals surface area contributed by atoms with Gasteiger partial charge in [0.15, 0.2) is 0 Å². The maximum Gasteiger partial charge on any atom is 0.255 e. The molecule has 0 aliphatic heterocycles. The van der Waals surface area contributed by atoms with Crippen molar-refractivity contribution in [1.82, 2.24) is 5.32 Å². The third kappa shape index (κ3) is 3.44. The second-order valence-electron chi connectivity index (χ2n) is 2.95. The zero-order valence-corrected chi connectivity index (χ0v) is 10.1. The van der Waals surface area contributed by atoms with Gasteiger partial charge in [0, 0.05) is 4.47 Å². The number of hydrogen-bond donors (Lipinski definition) is 1. The van der Waals surface area contributed by atoms with E-state index in [1.165, 1.54) is 13.2 Å². The summed E-state index contributed by atoms with van der Waals surface area (Å²) in [6, 6.07) is 4.76. The molecule has 6 heteroatoms. The number of carbonyl (C=O) groups is 1. The summed E-state index contributed by atoms with van der Waals surface area (Å²) in [6.45, 7) is -0.664. The normalized spacial score (nSPS) is 10.3. The second-order valence-corrected chi connectivity index (χ2v) is 3.80. The minimum absolute atomic E-state index is 0.264. The molecule has 1 N–H and O–H groups in total. The largest absolute Gasteiger partial charge is 0.497 e. The van der Waals surface area contributed by atoms with Crippen molar-refractivity contribution in [2.45, 2.75) is 6.43 Å². The number of rotatable bonds is 4. The molecule has 0 spiro atoms. The zero-order chi connectivity index (χ0) is 12.1. The molecule has 0 atom stereocenters. The van der Waals surface area contributed by atoms with Gasteiger partial charge in [-0.2, -0.15) is 0 Å². The van der Waals surface area contributed by atoms with Gasteiger partial charge in [-0.25, -0.2) is 8.78 Å². The van der Waals surface area contributed by atoms with E-state index in [0.29, 0.717) is 10.2 Å². The van der Waals surface area contributed by atoms with Crippen LogP contribution in [0.4, 0.5) is 8.78 Å². The van der Waals surface area contributed by atoms with Crippen LogP contribution in [0.2, 0.25) is 0 Å². The van der Waals surface area contributed by atoms with E-state index in [1.807, 2.05) is 0 Å². The van der Waals surface area contributed by atoms with Gasteiger partial charge in [-0.1, -0.05) is 0 Å². The zero-order valence-electron chi connectivity index (χ0n) is 8.47. The third-order valence-corrected chi connectivity index (χ3v) is 2.53. The molecule has 1 aromatic carbocycles. The van der Waals surface area contributed by atoms with Gasteiger partial charge in [0.1, 0.15) is 5.75 Å². The molecule has 1 amide bonds. The molecule has 88 valence electrons. The Hall–Kier alpha value is -1.17. The predicted octanol–water partition coefficient (Wildman–Crippen LogP) is 2.45. The molecule has 0 aromatic heterocycles. The molecule has 0 aliphatic carbocycles. The Morgan fingerprint density at radius 2 is 2.25 bits per heavy atom. The van der Waals surface area contributed by atoms with Gasteiger partial charge in [0.05, 0.1) is 19.2 Å². The van der Waals surface area contributed by atoms with Gasteiger partial charge in [-0.15, -0.1) is 0 Å². The van der Waals surface area contributed by atoms with E-state index < -0.39 is 18.9 Å². The Kier molecular flexibility index (Phi) is 4.67. The lowest BCUT2D eigenvalue weighted by atomic mass is 10.2. The highest BCUT2D eigenvalue weighted by Crippen LogP contribution is 2.22. The molecular weight excluding hydrogens is 284 g/mol. The van der Waals surface area contributed by atoms with Crippen molar-refractivity contribution in [3.63, 3.8) is 0 Å². The summed E-state index contributed by atoms with van der Waals surface area (Å²) in [5.74, 6) is -0.0727. The lowest BCUT2D eigenvalue weighted by Crippen LogP contribution is -2.28. The van der Waals surface area contributed by atoms with Crippen molar-refractivity contribution in [1.29, 1.82) is 0 Å². The standard InChI is InChI=1S/C10H10BrF2NO2/c1-16-6-2-3-8(11)7(4-6)10(15)14-5-9(12)13/h2-4,9H,5H2,1H3,(H,14,15). The fraction of sp³-hybridized carbons (Fsp3) is 0.300. The highest BCUT2D eigenvalue weighted by Gasteiger charge is 2.12. The minimum atomic E-state index is -2.56. The number of carbonyl (C=O) groups excluding carboxylic acids is 1. The van der Waals surface area contributed by atoms with Crippen LogP contribution >= 0.6 is 15.9 Å². The number of nitrogens with one attached hydrogen (secondary N) is 1. The molecule has 0 unspecified atom stereocenters. The van der Waals surface area contributed by atoms with E-state index in [2.05, 4.69) is 21.2 Å². The van der Waals surface area contributed by atoms with Crippen LogP contribution in [-0.4, -0.2) is 26.0 Å². The summed E-state index contributed by atoms with van der Waals surface area (Å²) in [5.41, 5.74) is 0.264. The first-order valence-corrected chi connectivity index (χ1v) is 5.23. The van der Waals surface area contributed by atoms with Crippen LogP contribution in [0.3, 0.4) is 0 Å². The molecule has 0 aliphatic rings. The molecule has 0 saturated heterocycles. The van der Waals surface area contributed by atoms with Crippen LogP contribution in [-0.2, 0) is 0 Å². The number of benzene rings is 1. The SMILES string of the molecule is COc1ccc(Br)c(C(=O)NCC(F)F)c1. The fourth-order valence-corrected chi connectivity index (χ4v) is 1.50. The third-order valence-electron chi connectivity index (χ3n) is 1.84. The van der Waals surface area contributed by atoms with E-state index >= 15 is 0 Å². The summed E-state index contributed by atoms with van der Waals surface area (Å²) < 4.78 is 29.3. The molecule has 0 saturated carbocycles. The van der Waals surface area contributed by atoms with Crippen molar-refractivity contribution < 1.29 is 18.3 Å². The van der Waals surface area contributed by atoms with Crippen molar-refractivity contribution in [3.05, 3.63) is 28.2 Å². The van der Waals surface area contributed by atoms with Gasteiger partial charge >= 0.3 is 0 Å². The van der Waals surface area contributed by atoms with Gasteiger partial charge in [-0.3, -0.25) is 4.79 Å². The first-order valence-electron chi connectivity index (χ1n) is 4.44. The first kappa shape index (κ1) is 12.9. The summed E-state index contributed by atoms with van der Waals surface area (Å²) in [6.07, 6.45) is -2.56. The molecule has 3 nitrogen and oxygen atoms in total. The highest BCUT2D eigenvalue weighted by atomic mass is 79.9. The molecule has 0 heterocycles. The summed E-state index contributed by atoms with van der Waals surface area (Å²) in [4.78, 5) is 11.5. The average molecular weight is 294 g/mol. The number of methoxy groups -OCH3 is 1. The molecule has 0 bridgehead atoms. The van der Waals surface area contributed by atoms with Gasteiger partial charge < -0.3 is 10.1 Å². The number of ether oxygens (including phenoxy) is 1. The molecule has 1 rings (SSSR count). The van der Waals surface area contributed by atoms with Crippen LogP contribution in [0, 0.1) is 0 Å². The van der Waals surface area contributed by atoms with Crippen LogP contribution in [0.1, 0.15) is 10.4 Å². The maximum absolute atomic E-state index is 11.9. The van der Waals surface area contributed by atoms with E-state index in [-0.39, 0.29) is 5.56 Å². The monoisotopic (exact) mass is 293 g/mol. The second kappa shape index (κ2) is 5.79. The molecule has 1 aromatic rings. The van der Waals surface area contributed by atoms with Gasteiger partial charge in [0.2, 0.25) is 0 Å². The van der Waals surface area contributed by atoms with Crippen LogP contribution in [0.25, 0.3) is 0 Å². The number of hydrogen-bond acceptors (Lipinski definition) is 2. The Labute approximate surface area is 99.9 Å². The number of alkyl halides is 2. The molecule has 0 fully saturated rings. The lowest BCUT2D eigenvalue weighted by molar-refractivity contribution is 0.0890. The molecular formula is C10H10BrF2NO2. The number of halogens is 3. The van der Waals surface area contributed by atoms with E-state index in [4.69, 9.17) is 4.74 Å². The van der Waals surface area contributed by atoms with E-state index in [0.717, 1.165) is 0 Å². The minimum Gasteiger partial charge on any atom is -0.497 e. The Morgan fingerprint density at radius 3 is 2.81 bits per heavy atom. The topological polar surface area (TPSA) is 38.3 Å². The highest BCUT2D eigenvalue weighted by molar-refractivity contribution is 9.10. The smallest absolute Gasteiger partial charge is 0.255 e. The number of amides is 1. The molecule has 0 radical (unpaired) electrons. The summed E-state index contributed by atoms with van der Waals surface area (Å²) in [5, 5.41) is 2.12. The lowest BCUT2D eigenvalue weighted by Gasteiger charge is -2.08. The Bertz CT molecular complexity index is 385. The van der Waals surface area contributed by atoms with Crippen LogP contribution < -0.4 is 10.1 Å². The average Bonchev–Trinajstić information content (AvgIpc) is 2.26. The van der Waals surface area contributed by atoms with Crippen LogP contribution in [0.5, 0.6) is 5.75 Å². The summed E-state index contributed by atoms with van der Waals surface area (Å²) in [7, 11) is 1.46. The Morgan fingerprint density at radius 1 is 1.56 bits per heavy atom. The van der Waals surface area contributed by atoms with E-state index in [1.54, 1.807) is 12.1 Å². The van der Waals surface area contributed by atoms with Crippen molar-refractivity contribution in [2.75, 3.05) is 13.7 Å².